The third-order valence-corrected chi connectivity index (χ3v) is 9.97. The van der Waals surface area contributed by atoms with Crippen LogP contribution in [0.2, 0.25) is 0 Å². The summed E-state index contributed by atoms with van der Waals surface area (Å²) < 4.78 is 71.2. The number of hydrogen-bond donors (Lipinski definition) is 2. The highest BCUT2D eigenvalue weighted by Gasteiger charge is 2.35. The molecule has 1 heterocycles. The number of rotatable bonds is 6. The molecule has 0 fully saturated rings. The summed E-state index contributed by atoms with van der Waals surface area (Å²) in [7, 11) is -9.68. The van der Waals surface area contributed by atoms with Crippen molar-refractivity contribution in [3.05, 3.63) is 116 Å². The fourth-order valence-electron chi connectivity index (χ4n) is 5.21. The van der Waals surface area contributed by atoms with E-state index in [1.54, 1.807) is 6.92 Å². The predicted molar refractivity (Wildman–Crippen MR) is 161 cm³/mol. The second-order valence-electron chi connectivity index (χ2n) is 10.1. The van der Waals surface area contributed by atoms with Crippen molar-refractivity contribution in [2.45, 2.75) is 28.9 Å². The highest BCUT2D eigenvalue weighted by molar-refractivity contribution is 7.87. The van der Waals surface area contributed by atoms with E-state index in [4.69, 9.17) is 23.8 Å². The van der Waals surface area contributed by atoms with Gasteiger partial charge in [-0.1, -0.05) is 24.3 Å². The van der Waals surface area contributed by atoms with Gasteiger partial charge in [0.05, 0.1) is 0 Å². The Morgan fingerprint density at radius 1 is 0.761 bits per heavy atom. The Hall–Kier alpha value is -5.47. The van der Waals surface area contributed by atoms with Crippen molar-refractivity contribution in [2.24, 2.45) is 0 Å². The van der Waals surface area contributed by atoms with Gasteiger partial charge in [-0.3, -0.25) is 0 Å². The van der Waals surface area contributed by atoms with Gasteiger partial charge in [0, 0.05) is 45.9 Å². The third-order valence-electron chi connectivity index (χ3n) is 7.39. The van der Waals surface area contributed by atoms with Crippen molar-refractivity contribution < 1.29 is 49.4 Å². The van der Waals surface area contributed by atoms with Crippen LogP contribution in [0.4, 0.5) is 0 Å². The SMILES string of the molecule is Cc1cc(=O)oc2c(OS(=O)(=O)c3cccc4c3C=CC(=[N+]=[N-])C4O)c(OS(=O)(=O)c3cccc4c3C=CC(=[N+]=[N-])C4O)ccc12. The van der Waals surface area contributed by atoms with E-state index in [2.05, 4.69) is 9.58 Å². The second-order valence-corrected chi connectivity index (χ2v) is 13.2. The molecule has 3 aromatic carbocycles. The van der Waals surface area contributed by atoms with Crippen LogP contribution in [0.5, 0.6) is 11.5 Å². The van der Waals surface area contributed by atoms with Crippen molar-refractivity contribution in [3.63, 3.8) is 0 Å². The average molecular weight is 661 g/mol. The van der Waals surface area contributed by atoms with Gasteiger partial charge < -0.3 is 34.1 Å². The zero-order chi connectivity index (χ0) is 33.0. The van der Waals surface area contributed by atoms with Crippen molar-refractivity contribution in [1.29, 1.82) is 0 Å². The molecule has 232 valence electrons. The Morgan fingerprint density at radius 3 is 1.80 bits per heavy atom. The van der Waals surface area contributed by atoms with Crippen LogP contribution < -0.4 is 14.0 Å². The van der Waals surface area contributed by atoms with Crippen LogP contribution in [0.1, 0.15) is 40.0 Å². The molecule has 0 spiro atoms. The fourth-order valence-corrected chi connectivity index (χ4v) is 7.53. The summed E-state index contributed by atoms with van der Waals surface area (Å²) in [6.45, 7) is 1.55. The molecule has 14 nitrogen and oxygen atoms in total. The lowest BCUT2D eigenvalue weighted by Gasteiger charge is -2.19. The Kier molecular flexibility index (Phi) is 7.41. The van der Waals surface area contributed by atoms with Crippen LogP contribution >= 0.6 is 0 Å². The number of aliphatic hydroxyl groups excluding tert-OH is 2. The van der Waals surface area contributed by atoms with Crippen molar-refractivity contribution in [2.75, 3.05) is 0 Å². The molecule has 2 aliphatic carbocycles. The van der Waals surface area contributed by atoms with Gasteiger partial charge in [-0.25, -0.2) is 4.79 Å². The van der Waals surface area contributed by atoms with Gasteiger partial charge in [0.15, 0.2) is 23.5 Å². The molecule has 0 saturated carbocycles. The van der Waals surface area contributed by atoms with Crippen LogP contribution in [0.25, 0.3) is 34.2 Å². The maximum absolute atomic E-state index is 13.8. The molecule has 6 rings (SSSR count). The van der Waals surface area contributed by atoms with Gasteiger partial charge >= 0.3 is 37.3 Å². The molecular formula is C30H20N4O10S2. The Labute approximate surface area is 260 Å². The summed E-state index contributed by atoms with van der Waals surface area (Å²) in [5.74, 6) is -1.41. The molecule has 2 aliphatic rings. The van der Waals surface area contributed by atoms with Crippen LogP contribution in [0.15, 0.2) is 85.8 Å². The van der Waals surface area contributed by atoms with Crippen molar-refractivity contribution in [3.8, 4) is 11.5 Å². The molecule has 0 saturated heterocycles. The predicted octanol–water partition coefficient (Wildman–Crippen LogP) is 3.10. The van der Waals surface area contributed by atoms with E-state index in [0.29, 0.717) is 5.56 Å². The standard InChI is InChI=1S/C30H20N4O10S2/c1-15-14-26(35)42-29-16(15)10-13-23(43-45(38,39)24-6-2-4-19-17(24)8-11-21(33-31)27(19)36)30(29)44-46(40,41)25-7-3-5-20-18(25)9-12-22(34-32)28(20)37/h2-14,27-28,36-37H,1H3. The van der Waals surface area contributed by atoms with Crippen LogP contribution in [-0.4, -0.2) is 48.1 Å². The fraction of sp³-hybridized carbons (Fsp3) is 0.100. The smallest absolute Gasteiger partial charge is 0.340 e. The molecular weight excluding hydrogens is 640 g/mol. The number of benzene rings is 3. The first-order valence-electron chi connectivity index (χ1n) is 13.2. The molecule has 16 heteroatoms. The number of aliphatic hydroxyl groups is 2. The van der Waals surface area contributed by atoms with Crippen molar-refractivity contribution in [1.82, 2.24) is 0 Å². The Balaban J connectivity index is 1.51. The second kappa shape index (κ2) is 11.2. The molecule has 4 aromatic rings. The normalized spacial score (nSPS) is 17.2. The highest BCUT2D eigenvalue weighted by Crippen LogP contribution is 2.41. The van der Waals surface area contributed by atoms with E-state index >= 15 is 0 Å². The monoisotopic (exact) mass is 660 g/mol. The van der Waals surface area contributed by atoms with Gasteiger partial charge in [-0.15, -0.1) is 0 Å². The summed E-state index contributed by atoms with van der Waals surface area (Å²) in [6.07, 6.45) is 2.08. The quantitative estimate of drug-likeness (QED) is 0.133. The first-order valence-corrected chi connectivity index (χ1v) is 16.1. The number of hydrogen-bond acceptors (Lipinski definition) is 10. The number of nitrogens with zero attached hydrogens (tertiary/aromatic N) is 4. The van der Waals surface area contributed by atoms with Crippen molar-refractivity contribution >= 4 is 54.8 Å². The molecule has 1 aromatic heterocycles. The minimum Gasteiger partial charge on any atom is -0.418 e. The minimum atomic E-state index is -4.88. The molecule has 0 bridgehead atoms. The largest absolute Gasteiger partial charge is 0.418 e. The minimum absolute atomic E-state index is 0.00223. The Morgan fingerprint density at radius 2 is 1.28 bits per heavy atom. The molecule has 0 aliphatic heterocycles. The maximum Gasteiger partial charge on any atom is 0.340 e. The van der Waals surface area contributed by atoms with E-state index in [0.717, 1.165) is 12.1 Å². The average Bonchev–Trinajstić information content (AvgIpc) is 3.02. The summed E-state index contributed by atoms with van der Waals surface area (Å²) in [6, 6.07) is 11.5. The van der Waals surface area contributed by atoms with Gasteiger partial charge in [-0.05, 0) is 48.9 Å². The lowest BCUT2D eigenvalue weighted by molar-refractivity contribution is -0.0191. The van der Waals surface area contributed by atoms with Crippen LogP contribution in [0.3, 0.4) is 0 Å². The molecule has 0 amide bonds. The summed E-state index contributed by atoms with van der Waals surface area (Å²) in [4.78, 5) is 17.5. The summed E-state index contributed by atoms with van der Waals surface area (Å²) in [5, 5.41) is 21.3. The summed E-state index contributed by atoms with van der Waals surface area (Å²) in [5.41, 5.74) is 17.3. The number of fused-ring (bicyclic) bond motifs is 3. The van der Waals surface area contributed by atoms with Crippen LogP contribution in [0, 0.1) is 6.92 Å². The molecule has 2 unspecified atom stereocenters. The van der Waals surface area contributed by atoms with E-state index < -0.39 is 64.9 Å². The van der Waals surface area contributed by atoms with E-state index in [9.17, 15) is 31.8 Å². The third kappa shape index (κ3) is 5.06. The summed E-state index contributed by atoms with van der Waals surface area (Å²) >= 11 is 0. The molecule has 0 radical (unpaired) electrons. The molecule has 2 atom stereocenters. The maximum atomic E-state index is 13.8. The lowest BCUT2D eigenvalue weighted by atomic mass is 9.93. The van der Waals surface area contributed by atoms with Gasteiger partial charge in [0.2, 0.25) is 5.75 Å². The van der Waals surface area contributed by atoms with E-state index in [1.165, 1.54) is 66.8 Å². The van der Waals surface area contributed by atoms with Gasteiger partial charge in [-0.2, -0.15) is 26.4 Å². The first-order chi connectivity index (χ1) is 21.9. The van der Waals surface area contributed by atoms with Gasteiger partial charge in [0.1, 0.15) is 9.79 Å². The van der Waals surface area contributed by atoms with E-state index in [1.807, 2.05) is 0 Å². The topological polar surface area (TPSA) is 230 Å². The zero-order valence-corrected chi connectivity index (χ0v) is 25.1. The first kappa shape index (κ1) is 30.6. The highest BCUT2D eigenvalue weighted by atomic mass is 32.2. The number of aryl methyl sites for hydroxylation is 1. The molecule has 46 heavy (non-hydrogen) atoms. The van der Waals surface area contributed by atoms with Crippen LogP contribution in [-0.2, 0) is 20.2 Å². The zero-order valence-electron chi connectivity index (χ0n) is 23.4. The van der Waals surface area contributed by atoms with Gasteiger partial charge in [0.25, 0.3) is 0 Å². The lowest BCUT2D eigenvalue weighted by Crippen LogP contribution is -2.20. The Bertz CT molecular complexity index is 2440. The van der Waals surface area contributed by atoms with E-state index in [-0.39, 0.29) is 39.1 Å². The molecule has 2 N–H and O–H groups in total.